The molecule has 1 heterocycles. The van der Waals surface area contributed by atoms with Gasteiger partial charge in [0.1, 0.15) is 23.2 Å². The molecule has 0 aliphatic rings. The van der Waals surface area contributed by atoms with Gasteiger partial charge in [0.15, 0.2) is 0 Å². The largest absolute Gasteiger partial charge is 0.478 e. The van der Waals surface area contributed by atoms with E-state index in [4.69, 9.17) is 9.52 Å². The van der Waals surface area contributed by atoms with Gasteiger partial charge in [0, 0.05) is 6.07 Å². The van der Waals surface area contributed by atoms with Crippen molar-refractivity contribution < 1.29 is 23.1 Å². The first-order valence-electron chi connectivity index (χ1n) is 5.49. The molecule has 2 N–H and O–H groups in total. The highest BCUT2D eigenvalue weighted by Gasteiger charge is 2.15. The number of carboxylic acid groups (broad SMARTS) is 1. The van der Waals surface area contributed by atoms with Gasteiger partial charge < -0.3 is 14.8 Å². The van der Waals surface area contributed by atoms with Crippen LogP contribution in [0.4, 0.5) is 14.5 Å². The minimum absolute atomic E-state index is 0.0900. The number of benzene rings is 1. The summed E-state index contributed by atoms with van der Waals surface area (Å²) >= 11 is 0. The summed E-state index contributed by atoms with van der Waals surface area (Å²) in [5, 5.41) is 11.4. The number of anilines is 1. The fourth-order valence-electron chi connectivity index (χ4n) is 1.61. The molecule has 0 saturated carbocycles. The number of rotatable bonds is 4. The summed E-state index contributed by atoms with van der Waals surface area (Å²) in [5.41, 5.74) is -0.674. The molecule has 0 unspecified atom stereocenters. The third-order valence-corrected chi connectivity index (χ3v) is 2.54. The molecule has 6 heteroatoms. The monoisotopic (exact) mass is 267 g/mol. The second-order valence-corrected chi connectivity index (χ2v) is 3.98. The molecule has 0 bridgehead atoms. The van der Waals surface area contributed by atoms with Gasteiger partial charge in [-0.1, -0.05) is 0 Å². The third-order valence-electron chi connectivity index (χ3n) is 2.54. The summed E-state index contributed by atoms with van der Waals surface area (Å²) in [6, 6.07) is 4.92. The van der Waals surface area contributed by atoms with E-state index < -0.39 is 23.2 Å². The van der Waals surface area contributed by atoms with Crippen LogP contribution in [0.3, 0.4) is 0 Å². The fourth-order valence-corrected chi connectivity index (χ4v) is 1.61. The maximum atomic E-state index is 13.5. The quantitative estimate of drug-likeness (QED) is 0.893. The van der Waals surface area contributed by atoms with Crippen LogP contribution in [0.25, 0.3) is 0 Å². The molecule has 0 atom stereocenters. The molecule has 0 amide bonds. The van der Waals surface area contributed by atoms with E-state index >= 15 is 0 Å². The van der Waals surface area contributed by atoms with Crippen LogP contribution in [-0.4, -0.2) is 11.1 Å². The van der Waals surface area contributed by atoms with Gasteiger partial charge in [-0.15, -0.1) is 0 Å². The van der Waals surface area contributed by atoms with Crippen LogP contribution in [0.5, 0.6) is 0 Å². The number of hydrogen-bond acceptors (Lipinski definition) is 3. The smallest absolute Gasteiger partial charge is 0.338 e. The minimum atomic E-state index is -1.45. The summed E-state index contributed by atoms with van der Waals surface area (Å²) in [6.45, 7) is 1.94. The van der Waals surface area contributed by atoms with Gasteiger partial charge in [-0.3, -0.25) is 0 Å². The number of halogens is 2. The van der Waals surface area contributed by atoms with Crippen molar-refractivity contribution >= 4 is 11.7 Å². The highest BCUT2D eigenvalue weighted by Crippen LogP contribution is 2.20. The van der Waals surface area contributed by atoms with E-state index in [9.17, 15) is 13.6 Å². The molecule has 2 rings (SSSR count). The zero-order chi connectivity index (χ0) is 14.0. The molecule has 0 aliphatic heterocycles. The standard InChI is InChI=1S/C13H11F2NO3/c1-7-2-3-8(19-7)6-16-12-4-9(13(17)18)10(14)5-11(12)15/h2-5,16H,6H2,1H3,(H,17,18). The van der Waals surface area contributed by atoms with E-state index in [2.05, 4.69) is 5.32 Å². The Morgan fingerprint density at radius 3 is 2.63 bits per heavy atom. The molecular formula is C13H11F2NO3. The van der Waals surface area contributed by atoms with Gasteiger partial charge in [-0.25, -0.2) is 13.6 Å². The van der Waals surface area contributed by atoms with E-state index in [0.29, 0.717) is 17.6 Å². The Morgan fingerprint density at radius 1 is 1.32 bits per heavy atom. The van der Waals surface area contributed by atoms with Crippen LogP contribution >= 0.6 is 0 Å². The lowest BCUT2D eigenvalue weighted by Crippen LogP contribution is -2.06. The first kappa shape index (κ1) is 13.1. The number of carbonyl (C=O) groups is 1. The number of carboxylic acids is 1. The Hall–Kier alpha value is -2.37. The van der Waals surface area contributed by atoms with Gasteiger partial charge in [0.05, 0.1) is 17.8 Å². The summed E-state index contributed by atoms with van der Waals surface area (Å²) in [6.07, 6.45) is 0. The van der Waals surface area contributed by atoms with Crippen LogP contribution < -0.4 is 5.32 Å². The van der Waals surface area contributed by atoms with Gasteiger partial charge in [0.25, 0.3) is 0 Å². The number of nitrogens with one attached hydrogen (secondary N) is 1. The van der Waals surface area contributed by atoms with Gasteiger partial charge in [-0.05, 0) is 25.1 Å². The predicted octanol–water partition coefficient (Wildman–Crippen LogP) is 3.18. The van der Waals surface area contributed by atoms with Crippen molar-refractivity contribution in [1.29, 1.82) is 0 Å². The van der Waals surface area contributed by atoms with Crippen molar-refractivity contribution in [2.45, 2.75) is 13.5 Å². The second kappa shape index (κ2) is 5.09. The molecule has 100 valence electrons. The zero-order valence-electron chi connectivity index (χ0n) is 10.0. The Morgan fingerprint density at radius 2 is 2.05 bits per heavy atom. The third kappa shape index (κ3) is 2.90. The van der Waals surface area contributed by atoms with Crippen LogP contribution in [-0.2, 0) is 6.54 Å². The molecule has 19 heavy (non-hydrogen) atoms. The molecule has 0 radical (unpaired) electrons. The van der Waals surface area contributed by atoms with Gasteiger partial charge in [-0.2, -0.15) is 0 Å². The Balaban J connectivity index is 2.20. The van der Waals surface area contributed by atoms with Crippen LogP contribution in [0.2, 0.25) is 0 Å². The van der Waals surface area contributed by atoms with Crippen molar-refractivity contribution in [3.05, 3.63) is 53.0 Å². The van der Waals surface area contributed by atoms with Gasteiger partial charge in [0.2, 0.25) is 0 Å². The molecule has 0 saturated heterocycles. The normalized spacial score (nSPS) is 10.5. The Bertz CT molecular complexity index is 622. The van der Waals surface area contributed by atoms with Crippen LogP contribution in [0.1, 0.15) is 21.9 Å². The van der Waals surface area contributed by atoms with E-state index in [1.54, 1.807) is 19.1 Å². The van der Waals surface area contributed by atoms with Crippen molar-refractivity contribution in [1.82, 2.24) is 0 Å². The highest BCUT2D eigenvalue weighted by atomic mass is 19.1. The first-order valence-corrected chi connectivity index (χ1v) is 5.49. The topological polar surface area (TPSA) is 62.5 Å². The molecule has 2 aromatic rings. The van der Waals surface area contributed by atoms with Gasteiger partial charge >= 0.3 is 5.97 Å². The lowest BCUT2D eigenvalue weighted by atomic mass is 10.1. The average molecular weight is 267 g/mol. The molecular weight excluding hydrogens is 256 g/mol. The van der Waals surface area contributed by atoms with E-state index in [1.165, 1.54) is 0 Å². The molecule has 0 fully saturated rings. The fraction of sp³-hybridized carbons (Fsp3) is 0.154. The second-order valence-electron chi connectivity index (χ2n) is 3.98. The van der Waals surface area contributed by atoms with E-state index in [1.807, 2.05) is 0 Å². The summed E-state index contributed by atoms with van der Waals surface area (Å²) < 4.78 is 31.9. The molecule has 4 nitrogen and oxygen atoms in total. The lowest BCUT2D eigenvalue weighted by Gasteiger charge is -2.07. The molecule has 0 spiro atoms. The summed E-state index contributed by atoms with van der Waals surface area (Å²) in [5.74, 6) is -2.13. The van der Waals surface area contributed by atoms with Crippen LogP contribution in [0, 0.1) is 18.6 Å². The summed E-state index contributed by atoms with van der Waals surface area (Å²) in [7, 11) is 0. The average Bonchev–Trinajstić information content (AvgIpc) is 2.73. The van der Waals surface area contributed by atoms with Crippen molar-refractivity contribution in [2.75, 3.05) is 5.32 Å². The lowest BCUT2D eigenvalue weighted by molar-refractivity contribution is 0.0692. The molecule has 1 aromatic carbocycles. The number of aromatic carboxylic acids is 1. The van der Waals surface area contributed by atoms with Crippen molar-refractivity contribution in [2.24, 2.45) is 0 Å². The molecule has 0 aliphatic carbocycles. The minimum Gasteiger partial charge on any atom is -0.478 e. The maximum absolute atomic E-state index is 13.5. The Labute approximate surface area is 107 Å². The van der Waals surface area contributed by atoms with Crippen molar-refractivity contribution in [3.8, 4) is 0 Å². The Kier molecular flexibility index (Phi) is 3.50. The van der Waals surface area contributed by atoms with E-state index in [-0.39, 0.29) is 12.2 Å². The zero-order valence-corrected chi connectivity index (χ0v) is 10.0. The van der Waals surface area contributed by atoms with E-state index in [0.717, 1.165) is 6.07 Å². The predicted molar refractivity (Wildman–Crippen MR) is 64.1 cm³/mol. The first-order chi connectivity index (χ1) is 8.97. The SMILES string of the molecule is Cc1ccc(CNc2cc(C(=O)O)c(F)cc2F)o1. The van der Waals surface area contributed by atoms with Crippen LogP contribution in [0.15, 0.2) is 28.7 Å². The molecule has 1 aromatic heterocycles. The number of aryl methyl sites for hydroxylation is 1. The highest BCUT2D eigenvalue weighted by molar-refractivity contribution is 5.89. The maximum Gasteiger partial charge on any atom is 0.338 e. The van der Waals surface area contributed by atoms with Crippen molar-refractivity contribution in [3.63, 3.8) is 0 Å². The number of hydrogen-bond donors (Lipinski definition) is 2. The number of furan rings is 1. The summed E-state index contributed by atoms with van der Waals surface area (Å²) in [4.78, 5) is 10.8.